The fourth-order valence-corrected chi connectivity index (χ4v) is 4.93. The maximum Gasteiger partial charge on any atom is 0.622 e. The SMILES string of the molecule is CC(C)CC(NC(=O)C(Cc1ccccc1)NC(=O)c1cnccn1)B1OC(=O)[C@@H]2CN(C)C[C@@H](C(=O)O1)N2C. The van der Waals surface area contributed by atoms with Gasteiger partial charge in [0.2, 0.25) is 5.91 Å². The maximum absolute atomic E-state index is 13.7. The smallest absolute Gasteiger partial charge is 0.497 e. The van der Waals surface area contributed by atoms with Gasteiger partial charge in [0.05, 0.1) is 12.1 Å². The van der Waals surface area contributed by atoms with Crippen molar-refractivity contribution in [2.45, 2.75) is 50.8 Å². The average Bonchev–Trinajstić information content (AvgIpc) is 2.93. The lowest BCUT2D eigenvalue weighted by Crippen LogP contribution is -2.66. The number of carbonyl (C=O) groups excluding carboxylic acids is 4. The second-order valence-corrected chi connectivity index (χ2v) is 10.7. The number of amides is 2. The molecule has 4 atom stereocenters. The van der Waals surface area contributed by atoms with E-state index in [1.807, 2.05) is 56.1 Å². The van der Waals surface area contributed by atoms with Gasteiger partial charge >= 0.3 is 19.1 Å². The fourth-order valence-electron chi connectivity index (χ4n) is 4.93. The Bertz CT molecular complexity index is 1170. The van der Waals surface area contributed by atoms with Crippen molar-refractivity contribution < 1.29 is 28.5 Å². The first-order valence-electron chi connectivity index (χ1n) is 13.3. The quantitative estimate of drug-likeness (QED) is 0.413. The standard InChI is InChI=1S/C27H35BN6O6/c1-17(2)12-23(28-39-26(37)21-15-33(3)16-22(34(21)4)27(38)40-28)32-24(35)19(13-18-8-6-5-7-9-18)31-25(36)20-14-29-10-11-30-20/h5-11,14,17,19,21-23H,12-13,15-16H2,1-4H3,(H,31,36)(H,32,35)/t19?,21-,22-,23?/m0/s1. The van der Waals surface area contributed by atoms with Crippen LogP contribution < -0.4 is 10.6 Å². The molecule has 0 spiro atoms. The van der Waals surface area contributed by atoms with Crippen molar-refractivity contribution in [2.24, 2.45) is 5.92 Å². The van der Waals surface area contributed by atoms with Crippen LogP contribution in [0.2, 0.25) is 0 Å². The minimum absolute atomic E-state index is 0.0585. The molecule has 40 heavy (non-hydrogen) atoms. The lowest BCUT2D eigenvalue weighted by molar-refractivity contribution is -0.159. The highest BCUT2D eigenvalue weighted by molar-refractivity contribution is 6.51. The van der Waals surface area contributed by atoms with Crippen LogP contribution >= 0.6 is 0 Å². The van der Waals surface area contributed by atoms with E-state index in [1.165, 1.54) is 18.6 Å². The highest BCUT2D eigenvalue weighted by Crippen LogP contribution is 2.21. The molecule has 2 N–H and O–H groups in total. The molecule has 2 bridgehead atoms. The fraction of sp³-hybridized carbons (Fsp3) is 0.481. The van der Waals surface area contributed by atoms with Gasteiger partial charge in [-0.25, -0.2) is 4.98 Å². The molecule has 13 heteroatoms. The number of hydrogen-bond acceptors (Lipinski definition) is 10. The van der Waals surface area contributed by atoms with Crippen LogP contribution in [0.4, 0.5) is 0 Å². The number of aromatic nitrogens is 2. The number of fused-ring (bicyclic) bond motifs is 2. The number of hydrogen-bond donors (Lipinski definition) is 2. The molecule has 2 fully saturated rings. The summed E-state index contributed by atoms with van der Waals surface area (Å²) in [6.07, 6.45) is 4.70. The Morgan fingerprint density at radius 3 is 2.25 bits per heavy atom. The van der Waals surface area contributed by atoms with Gasteiger partial charge in [-0.2, -0.15) is 0 Å². The first-order valence-corrected chi connectivity index (χ1v) is 13.3. The number of nitrogens with one attached hydrogen (secondary N) is 2. The minimum Gasteiger partial charge on any atom is -0.497 e. The first-order chi connectivity index (χ1) is 19.1. The number of piperazine rings is 1. The van der Waals surface area contributed by atoms with Crippen molar-refractivity contribution in [3.05, 3.63) is 60.2 Å². The molecule has 3 heterocycles. The molecule has 2 amide bonds. The Labute approximate surface area is 234 Å². The monoisotopic (exact) mass is 550 g/mol. The third kappa shape index (κ3) is 7.22. The summed E-state index contributed by atoms with van der Waals surface area (Å²) in [5.74, 6) is -2.92. The molecule has 2 unspecified atom stereocenters. The van der Waals surface area contributed by atoms with E-state index in [2.05, 4.69) is 20.6 Å². The van der Waals surface area contributed by atoms with Crippen LogP contribution in [0.1, 0.15) is 36.3 Å². The van der Waals surface area contributed by atoms with Crippen LogP contribution in [0.15, 0.2) is 48.9 Å². The van der Waals surface area contributed by atoms with Crippen LogP contribution in [0.5, 0.6) is 0 Å². The van der Waals surface area contributed by atoms with E-state index in [-0.39, 0.29) is 18.0 Å². The lowest BCUT2D eigenvalue weighted by Gasteiger charge is -2.43. The highest BCUT2D eigenvalue weighted by Gasteiger charge is 2.49. The lowest BCUT2D eigenvalue weighted by atomic mass is 9.73. The summed E-state index contributed by atoms with van der Waals surface area (Å²) < 4.78 is 11.4. The molecule has 1 aromatic carbocycles. The first kappa shape index (κ1) is 29.2. The van der Waals surface area contributed by atoms with Crippen molar-refractivity contribution in [3.63, 3.8) is 0 Å². The number of nitrogens with zero attached hydrogens (tertiary/aromatic N) is 4. The zero-order chi connectivity index (χ0) is 28.8. The van der Waals surface area contributed by atoms with Crippen LogP contribution in [-0.2, 0) is 30.1 Å². The van der Waals surface area contributed by atoms with Crippen LogP contribution in [0.3, 0.4) is 0 Å². The van der Waals surface area contributed by atoms with E-state index in [4.69, 9.17) is 9.31 Å². The van der Waals surface area contributed by atoms with E-state index in [0.29, 0.717) is 19.5 Å². The zero-order valence-corrected chi connectivity index (χ0v) is 23.1. The molecule has 2 aromatic rings. The molecular formula is C27H35BN6O6. The average molecular weight is 550 g/mol. The van der Waals surface area contributed by atoms with Gasteiger partial charge in [-0.1, -0.05) is 44.2 Å². The predicted octanol–water partition coefficient (Wildman–Crippen LogP) is 0.0904. The molecular weight excluding hydrogens is 515 g/mol. The Kier molecular flexibility index (Phi) is 9.48. The van der Waals surface area contributed by atoms with Crippen LogP contribution in [0.25, 0.3) is 0 Å². The molecule has 0 radical (unpaired) electrons. The molecule has 2 aliphatic rings. The minimum atomic E-state index is -1.32. The summed E-state index contributed by atoms with van der Waals surface area (Å²) >= 11 is 0. The Morgan fingerprint density at radius 2 is 1.68 bits per heavy atom. The van der Waals surface area contributed by atoms with Crippen molar-refractivity contribution >= 4 is 30.9 Å². The molecule has 212 valence electrons. The van der Waals surface area contributed by atoms with Crippen molar-refractivity contribution in [1.82, 2.24) is 30.4 Å². The Hall–Kier alpha value is -3.84. The summed E-state index contributed by atoms with van der Waals surface area (Å²) in [5, 5.41) is 5.65. The van der Waals surface area contributed by atoms with E-state index in [1.54, 1.807) is 11.9 Å². The van der Waals surface area contributed by atoms with Gasteiger partial charge in [0, 0.05) is 31.9 Å². The second kappa shape index (κ2) is 13.0. The van der Waals surface area contributed by atoms with Gasteiger partial charge in [-0.05, 0) is 32.0 Å². The largest absolute Gasteiger partial charge is 0.622 e. The van der Waals surface area contributed by atoms with Gasteiger partial charge in [-0.15, -0.1) is 0 Å². The Balaban J connectivity index is 1.56. The molecule has 2 saturated heterocycles. The second-order valence-electron chi connectivity index (χ2n) is 10.7. The number of carbonyl (C=O) groups is 4. The van der Waals surface area contributed by atoms with Crippen molar-refractivity contribution in [1.29, 1.82) is 0 Å². The Morgan fingerprint density at radius 1 is 1.02 bits per heavy atom. The summed E-state index contributed by atoms with van der Waals surface area (Å²) in [5.41, 5.74) is 0.891. The number of likely N-dealkylation sites (N-methyl/N-ethyl adjacent to an activating group) is 2. The summed E-state index contributed by atoms with van der Waals surface area (Å²) in [6, 6.07) is 6.96. The number of rotatable bonds is 9. The van der Waals surface area contributed by atoms with E-state index >= 15 is 0 Å². The molecule has 0 saturated carbocycles. The maximum atomic E-state index is 13.7. The third-order valence-corrected chi connectivity index (χ3v) is 7.04. The van der Waals surface area contributed by atoms with Crippen molar-refractivity contribution in [3.8, 4) is 0 Å². The van der Waals surface area contributed by atoms with Gasteiger partial charge in [-0.3, -0.25) is 29.1 Å². The molecule has 2 aliphatic heterocycles. The predicted molar refractivity (Wildman–Crippen MR) is 146 cm³/mol. The molecule has 1 aromatic heterocycles. The highest BCUT2D eigenvalue weighted by atomic mass is 16.6. The van der Waals surface area contributed by atoms with E-state index in [9.17, 15) is 19.2 Å². The van der Waals surface area contributed by atoms with E-state index < -0.39 is 54.9 Å². The topological polar surface area (TPSA) is 143 Å². The molecule has 0 aliphatic carbocycles. The summed E-state index contributed by atoms with van der Waals surface area (Å²) in [6.45, 7) is 4.70. The summed E-state index contributed by atoms with van der Waals surface area (Å²) in [7, 11) is 2.21. The van der Waals surface area contributed by atoms with Gasteiger partial charge in [0.15, 0.2) is 0 Å². The van der Waals surface area contributed by atoms with Crippen LogP contribution in [0, 0.1) is 5.92 Å². The zero-order valence-electron chi connectivity index (χ0n) is 23.1. The van der Waals surface area contributed by atoms with Gasteiger partial charge < -0.3 is 24.8 Å². The number of benzene rings is 1. The third-order valence-electron chi connectivity index (χ3n) is 7.04. The normalized spacial score (nSPS) is 21.5. The van der Waals surface area contributed by atoms with Gasteiger partial charge in [0.25, 0.3) is 5.91 Å². The van der Waals surface area contributed by atoms with Crippen LogP contribution in [-0.4, -0.2) is 102 Å². The molecule has 12 nitrogen and oxygen atoms in total. The molecule has 4 rings (SSSR count). The summed E-state index contributed by atoms with van der Waals surface area (Å²) in [4.78, 5) is 64.4. The van der Waals surface area contributed by atoms with Crippen molar-refractivity contribution in [2.75, 3.05) is 27.2 Å². The van der Waals surface area contributed by atoms with E-state index in [0.717, 1.165) is 5.56 Å². The van der Waals surface area contributed by atoms with Gasteiger partial charge in [0.1, 0.15) is 23.8 Å².